The van der Waals surface area contributed by atoms with Gasteiger partial charge in [0.15, 0.2) is 0 Å². The summed E-state index contributed by atoms with van der Waals surface area (Å²) in [6.07, 6.45) is 0.859. The van der Waals surface area contributed by atoms with Crippen molar-refractivity contribution < 1.29 is 9.90 Å². The Kier molecular flexibility index (Phi) is 2.21. The molecule has 0 aromatic rings. The second kappa shape index (κ2) is 2.84. The first-order chi connectivity index (χ1) is 5.04. The first-order valence-electron chi connectivity index (χ1n) is 4.26. The molecule has 0 heterocycles. The van der Waals surface area contributed by atoms with Crippen molar-refractivity contribution in [3.63, 3.8) is 0 Å². The Hall–Kier alpha value is -0.530. The fourth-order valence-electron chi connectivity index (χ4n) is 2.04. The molecule has 1 aliphatic rings. The average molecular weight is 156 g/mol. The highest BCUT2D eigenvalue weighted by Crippen LogP contribution is 2.40. The van der Waals surface area contributed by atoms with Gasteiger partial charge in [0.1, 0.15) is 0 Å². The quantitative estimate of drug-likeness (QED) is 0.630. The van der Waals surface area contributed by atoms with E-state index in [1.807, 2.05) is 6.92 Å². The summed E-state index contributed by atoms with van der Waals surface area (Å²) in [7, 11) is 0. The second-order valence-corrected chi connectivity index (χ2v) is 3.88. The molecule has 2 nitrogen and oxygen atoms in total. The molecular weight excluding hydrogens is 140 g/mol. The van der Waals surface area contributed by atoms with Crippen molar-refractivity contribution in [1.82, 2.24) is 0 Å². The minimum Gasteiger partial charge on any atom is -0.481 e. The van der Waals surface area contributed by atoms with E-state index in [1.54, 1.807) is 0 Å². The molecule has 1 fully saturated rings. The van der Waals surface area contributed by atoms with Crippen molar-refractivity contribution >= 4 is 5.97 Å². The van der Waals surface area contributed by atoms with Gasteiger partial charge in [-0.15, -0.1) is 0 Å². The third kappa shape index (κ3) is 1.39. The molecule has 1 rings (SSSR count). The maximum atomic E-state index is 10.7. The Balaban J connectivity index is 2.67. The van der Waals surface area contributed by atoms with Crippen LogP contribution in [0.4, 0.5) is 0 Å². The molecule has 0 aliphatic heterocycles. The Morgan fingerprint density at radius 1 is 1.27 bits per heavy atom. The molecule has 0 amide bonds. The molecule has 0 radical (unpaired) electrons. The maximum Gasteiger partial charge on any atom is 0.306 e. The van der Waals surface area contributed by atoms with Crippen LogP contribution in [0.1, 0.15) is 27.2 Å². The van der Waals surface area contributed by atoms with E-state index in [-0.39, 0.29) is 5.92 Å². The van der Waals surface area contributed by atoms with Crippen LogP contribution in [0.25, 0.3) is 0 Å². The summed E-state index contributed by atoms with van der Waals surface area (Å²) in [4.78, 5) is 10.7. The summed E-state index contributed by atoms with van der Waals surface area (Å²) < 4.78 is 0. The van der Waals surface area contributed by atoms with Gasteiger partial charge in [-0.3, -0.25) is 4.79 Å². The van der Waals surface area contributed by atoms with Crippen molar-refractivity contribution in [1.29, 1.82) is 0 Å². The number of aliphatic carboxylic acids is 1. The lowest BCUT2D eigenvalue weighted by Crippen LogP contribution is -2.18. The van der Waals surface area contributed by atoms with Crippen LogP contribution in [0.2, 0.25) is 0 Å². The summed E-state index contributed by atoms with van der Waals surface area (Å²) >= 11 is 0. The van der Waals surface area contributed by atoms with Gasteiger partial charge in [0.25, 0.3) is 0 Å². The predicted molar refractivity (Wildman–Crippen MR) is 43.2 cm³/mol. The fraction of sp³-hybridized carbons (Fsp3) is 0.889. The summed E-state index contributed by atoms with van der Waals surface area (Å²) in [5, 5.41) is 8.82. The molecule has 0 saturated heterocycles. The topological polar surface area (TPSA) is 37.3 Å². The first kappa shape index (κ1) is 8.57. The standard InChI is InChI=1S/C9H16O2/c1-5-4-8(9(10)11)7(3)6(5)2/h5-8H,4H2,1-3H3,(H,10,11)/t5-,6-,7-,8+/m0/s1. The predicted octanol–water partition coefficient (Wildman–Crippen LogP) is 2.00. The van der Waals surface area contributed by atoms with Crippen molar-refractivity contribution in [2.24, 2.45) is 23.7 Å². The molecular formula is C9H16O2. The minimum atomic E-state index is -0.617. The first-order valence-corrected chi connectivity index (χ1v) is 4.26. The van der Waals surface area contributed by atoms with Crippen LogP contribution in [0.3, 0.4) is 0 Å². The van der Waals surface area contributed by atoms with Crippen molar-refractivity contribution in [2.75, 3.05) is 0 Å². The van der Waals surface area contributed by atoms with Gasteiger partial charge in [-0.05, 0) is 24.2 Å². The lowest BCUT2D eigenvalue weighted by atomic mass is 9.91. The number of carbonyl (C=O) groups is 1. The van der Waals surface area contributed by atoms with Crippen molar-refractivity contribution in [3.8, 4) is 0 Å². The largest absolute Gasteiger partial charge is 0.481 e. The Morgan fingerprint density at radius 3 is 2.00 bits per heavy atom. The van der Waals surface area contributed by atoms with Gasteiger partial charge in [0, 0.05) is 0 Å². The van der Waals surface area contributed by atoms with Gasteiger partial charge < -0.3 is 5.11 Å². The van der Waals surface area contributed by atoms with Crippen LogP contribution < -0.4 is 0 Å². The van der Waals surface area contributed by atoms with Gasteiger partial charge in [0.2, 0.25) is 0 Å². The van der Waals surface area contributed by atoms with Crippen LogP contribution >= 0.6 is 0 Å². The number of hydrogen-bond donors (Lipinski definition) is 1. The number of hydrogen-bond acceptors (Lipinski definition) is 1. The van der Waals surface area contributed by atoms with Gasteiger partial charge in [-0.1, -0.05) is 20.8 Å². The molecule has 0 aromatic carbocycles. The minimum absolute atomic E-state index is 0.0972. The van der Waals surface area contributed by atoms with Gasteiger partial charge in [0.05, 0.1) is 5.92 Å². The zero-order chi connectivity index (χ0) is 8.59. The van der Waals surface area contributed by atoms with E-state index in [0.29, 0.717) is 17.8 Å². The lowest BCUT2D eigenvalue weighted by molar-refractivity contribution is -0.142. The smallest absolute Gasteiger partial charge is 0.306 e. The molecule has 0 spiro atoms. The molecule has 2 heteroatoms. The average Bonchev–Trinajstić information content (AvgIpc) is 2.17. The molecule has 64 valence electrons. The molecule has 0 aromatic heterocycles. The highest BCUT2D eigenvalue weighted by atomic mass is 16.4. The van der Waals surface area contributed by atoms with Crippen LogP contribution in [0.5, 0.6) is 0 Å². The summed E-state index contributed by atoms with van der Waals surface area (Å²) in [6.45, 7) is 6.34. The third-order valence-corrected chi connectivity index (χ3v) is 3.30. The van der Waals surface area contributed by atoms with E-state index in [2.05, 4.69) is 13.8 Å². The van der Waals surface area contributed by atoms with Crippen molar-refractivity contribution in [3.05, 3.63) is 0 Å². The molecule has 1 N–H and O–H groups in total. The van der Waals surface area contributed by atoms with E-state index >= 15 is 0 Å². The SMILES string of the molecule is C[C@@H]1[C@H](C)[C@H](C(=O)O)C[C@@H]1C. The van der Waals surface area contributed by atoms with Crippen LogP contribution in [0.15, 0.2) is 0 Å². The number of rotatable bonds is 1. The fourth-order valence-corrected chi connectivity index (χ4v) is 2.04. The highest BCUT2D eigenvalue weighted by Gasteiger charge is 2.39. The zero-order valence-corrected chi connectivity index (χ0v) is 7.37. The van der Waals surface area contributed by atoms with E-state index in [9.17, 15) is 4.79 Å². The van der Waals surface area contributed by atoms with E-state index in [1.165, 1.54) is 0 Å². The normalized spacial score (nSPS) is 44.3. The second-order valence-electron chi connectivity index (χ2n) is 3.88. The van der Waals surface area contributed by atoms with Crippen LogP contribution in [0, 0.1) is 23.7 Å². The number of carboxylic acid groups (broad SMARTS) is 1. The number of carboxylic acids is 1. The summed E-state index contributed by atoms with van der Waals surface area (Å²) in [5.74, 6) is 0.776. The van der Waals surface area contributed by atoms with E-state index in [0.717, 1.165) is 6.42 Å². The molecule has 11 heavy (non-hydrogen) atoms. The Labute approximate surface area is 67.6 Å². The molecule has 1 saturated carbocycles. The molecule has 0 bridgehead atoms. The van der Waals surface area contributed by atoms with E-state index < -0.39 is 5.97 Å². The van der Waals surface area contributed by atoms with E-state index in [4.69, 9.17) is 5.11 Å². The Morgan fingerprint density at radius 2 is 1.82 bits per heavy atom. The van der Waals surface area contributed by atoms with Gasteiger partial charge in [-0.25, -0.2) is 0 Å². The van der Waals surface area contributed by atoms with Crippen LogP contribution in [-0.2, 0) is 4.79 Å². The zero-order valence-electron chi connectivity index (χ0n) is 7.37. The Bertz CT molecular complexity index is 165. The molecule has 1 aliphatic carbocycles. The van der Waals surface area contributed by atoms with Crippen molar-refractivity contribution in [2.45, 2.75) is 27.2 Å². The monoisotopic (exact) mass is 156 g/mol. The molecule has 4 atom stereocenters. The highest BCUT2D eigenvalue weighted by molar-refractivity contribution is 5.70. The van der Waals surface area contributed by atoms with Crippen LogP contribution in [-0.4, -0.2) is 11.1 Å². The summed E-state index contributed by atoms with van der Waals surface area (Å²) in [5.41, 5.74) is 0. The molecule has 0 unspecified atom stereocenters. The maximum absolute atomic E-state index is 10.7. The van der Waals surface area contributed by atoms with Gasteiger partial charge >= 0.3 is 5.97 Å². The summed E-state index contributed by atoms with van der Waals surface area (Å²) in [6, 6.07) is 0. The third-order valence-electron chi connectivity index (χ3n) is 3.30. The van der Waals surface area contributed by atoms with Gasteiger partial charge in [-0.2, -0.15) is 0 Å². The lowest BCUT2D eigenvalue weighted by Gasteiger charge is -2.14.